The van der Waals surface area contributed by atoms with E-state index in [9.17, 15) is 5.11 Å². The van der Waals surface area contributed by atoms with Crippen LogP contribution in [0.15, 0.2) is 146 Å². The average molecular weight is 887 g/mol. The number of phenolic OH excluding ortho intramolecular Hbond substituents is 1. The normalized spacial score (nSPS) is 11.8. The molecule has 3 heterocycles. The molecule has 0 amide bonds. The van der Waals surface area contributed by atoms with Crippen LogP contribution >= 0.6 is 0 Å². The third-order valence-electron chi connectivity index (χ3n) is 9.92. The van der Waals surface area contributed by atoms with E-state index in [1.807, 2.05) is 48.7 Å². The zero-order valence-corrected chi connectivity index (χ0v) is 33.7. The average Bonchev–Trinajstić information content (AvgIpc) is 3.49. The summed E-state index contributed by atoms with van der Waals surface area (Å²) in [4.78, 5) is 12.4. The van der Waals surface area contributed by atoms with Gasteiger partial charge in [0.05, 0.1) is 11.2 Å². The van der Waals surface area contributed by atoms with Crippen molar-refractivity contribution in [2.45, 2.75) is 52.4 Å². The first-order valence-electron chi connectivity index (χ1n) is 18.2. The summed E-state index contributed by atoms with van der Waals surface area (Å²) in [6.45, 7) is 13.1. The molecule has 5 aromatic carbocycles. The molecule has 0 fully saturated rings. The summed E-state index contributed by atoms with van der Waals surface area (Å²) in [7, 11) is 0. The summed E-state index contributed by atoms with van der Waals surface area (Å²) in [5.74, 6) is 1.07. The van der Waals surface area contributed by atoms with Crippen molar-refractivity contribution in [3.63, 3.8) is 0 Å². The van der Waals surface area contributed by atoms with Gasteiger partial charge >= 0.3 is 0 Å². The predicted octanol–water partition coefficient (Wildman–Crippen LogP) is 12.5. The second-order valence-corrected chi connectivity index (χ2v) is 15.7. The quantitative estimate of drug-likeness (QED) is 0.169. The van der Waals surface area contributed by atoms with Crippen LogP contribution in [0, 0.1) is 6.07 Å². The Balaban J connectivity index is 0.00000450. The summed E-state index contributed by atoms with van der Waals surface area (Å²) in [6, 6.07) is 51.5. The minimum absolute atomic E-state index is 0. The monoisotopic (exact) mass is 886 g/mol. The summed E-state index contributed by atoms with van der Waals surface area (Å²) in [6.07, 6.45) is 1.86. The van der Waals surface area contributed by atoms with Gasteiger partial charge < -0.3 is 10.0 Å². The van der Waals surface area contributed by atoms with Gasteiger partial charge in [-0.25, -0.2) is 4.98 Å². The Labute approximate surface area is 332 Å². The van der Waals surface area contributed by atoms with E-state index in [1.165, 1.54) is 0 Å². The van der Waals surface area contributed by atoms with Crippen molar-refractivity contribution < 1.29 is 26.2 Å². The molecule has 5 nitrogen and oxygen atoms in total. The molecule has 6 heteroatoms. The van der Waals surface area contributed by atoms with Crippen molar-refractivity contribution in [3.8, 4) is 33.8 Å². The second kappa shape index (κ2) is 14.4. The first kappa shape index (κ1) is 36.8. The Morgan fingerprint density at radius 2 is 1.35 bits per heavy atom. The van der Waals surface area contributed by atoms with Crippen molar-refractivity contribution in [2.75, 3.05) is 4.90 Å². The van der Waals surface area contributed by atoms with Crippen molar-refractivity contribution >= 4 is 39.1 Å². The molecule has 8 rings (SSSR count). The van der Waals surface area contributed by atoms with Crippen LogP contribution in [0.1, 0.15) is 52.7 Å². The topological polar surface area (TPSA) is 54.2 Å². The zero-order chi connectivity index (χ0) is 36.9. The third-order valence-corrected chi connectivity index (χ3v) is 9.92. The van der Waals surface area contributed by atoms with Crippen LogP contribution in [0.2, 0.25) is 0 Å². The number of hydrogen-bond donors (Lipinski definition) is 1. The van der Waals surface area contributed by atoms with Gasteiger partial charge in [-0.15, -0.1) is 29.8 Å². The first-order chi connectivity index (χ1) is 25.5. The molecule has 8 aromatic rings. The molecule has 0 bridgehead atoms. The molecule has 272 valence electrons. The molecule has 0 aliphatic rings. The van der Waals surface area contributed by atoms with Gasteiger partial charge in [-0.1, -0.05) is 126 Å². The fourth-order valence-corrected chi connectivity index (χ4v) is 7.09. The number of para-hydroxylation sites is 2. The van der Waals surface area contributed by atoms with E-state index in [0.717, 1.165) is 78.3 Å². The Morgan fingerprint density at radius 3 is 2.07 bits per heavy atom. The molecule has 0 aliphatic carbocycles. The van der Waals surface area contributed by atoms with Crippen LogP contribution in [0.5, 0.6) is 5.75 Å². The van der Waals surface area contributed by atoms with Crippen molar-refractivity contribution in [3.05, 3.63) is 163 Å². The van der Waals surface area contributed by atoms with Gasteiger partial charge in [-0.2, -0.15) is 0 Å². The number of rotatable bonds is 6. The Kier molecular flexibility index (Phi) is 9.81. The minimum atomic E-state index is -0.271. The molecule has 0 unspecified atom stereocenters. The van der Waals surface area contributed by atoms with Gasteiger partial charge in [0.1, 0.15) is 17.2 Å². The van der Waals surface area contributed by atoms with Gasteiger partial charge in [0, 0.05) is 49.3 Å². The number of aromatic nitrogens is 3. The fourth-order valence-electron chi connectivity index (χ4n) is 7.09. The number of phenols is 1. The van der Waals surface area contributed by atoms with E-state index in [4.69, 9.17) is 9.97 Å². The number of hydrogen-bond acceptors (Lipinski definition) is 4. The maximum atomic E-state index is 12.0. The molecule has 0 aliphatic heterocycles. The van der Waals surface area contributed by atoms with Crippen molar-refractivity contribution in [2.24, 2.45) is 0 Å². The summed E-state index contributed by atoms with van der Waals surface area (Å²) in [5.41, 5.74) is 9.84. The van der Waals surface area contributed by atoms with E-state index >= 15 is 0 Å². The van der Waals surface area contributed by atoms with Crippen LogP contribution in [0.4, 0.5) is 17.2 Å². The largest absolute Gasteiger partial charge is 0.505 e. The molecule has 0 saturated carbocycles. The number of nitrogens with zero attached hydrogens (tertiary/aromatic N) is 4. The molecule has 1 N–H and O–H groups in total. The van der Waals surface area contributed by atoms with E-state index < -0.39 is 0 Å². The molecule has 0 radical (unpaired) electrons. The number of pyridine rings is 2. The van der Waals surface area contributed by atoms with Gasteiger partial charge in [-0.05, 0) is 75.3 Å². The van der Waals surface area contributed by atoms with E-state index in [-0.39, 0.29) is 37.6 Å². The molecule has 3 aromatic heterocycles. The Hall–Kier alpha value is -5.51. The van der Waals surface area contributed by atoms with Crippen molar-refractivity contribution in [1.29, 1.82) is 0 Å². The van der Waals surface area contributed by atoms with Gasteiger partial charge in [0.25, 0.3) is 0 Å². The van der Waals surface area contributed by atoms with Gasteiger partial charge in [-0.3, -0.25) is 9.55 Å². The second-order valence-electron chi connectivity index (χ2n) is 15.7. The fraction of sp³-hybridized carbons (Fsp3) is 0.167. The van der Waals surface area contributed by atoms with Crippen LogP contribution in [0.25, 0.3) is 50.0 Å². The van der Waals surface area contributed by atoms with Gasteiger partial charge in [0.2, 0.25) is 0 Å². The van der Waals surface area contributed by atoms with E-state index in [0.29, 0.717) is 0 Å². The molecular formula is C48H43N4OPt-. The first-order valence-corrected chi connectivity index (χ1v) is 18.2. The van der Waals surface area contributed by atoms with E-state index in [2.05, 4.69) is 154 Å². The smallest absolute Gasteiger partial charge is 0.143 e. The number of anilines is 3. The Bertz CT molecular complexity index is 2600. The maximum Gasteiger partial charge on any atom is 0.143 e. The molecular weight excluding hydrogens is 844 g/mol. The molecule has 54 heavy (non-hydrogen) atoms. The predicted molar refractivity (Wildman–Crippen MR) is 220 cm³/mol. The van der Waals surface area contributed by atoms with E-state index in [1.54, 1.807) is 0 Å². The number of fused-ring (bicyclic) bond motifs is 3. The number of aromatic hydroxyl groups is 1. The van der Waals surface area contributed by atoms with Crippen LogP contribution in [-0.4, -0.2) is 19.6 Å². The summed E-state index contributed by atoms with van der Waals surface area (Å²) >= 11 is 0. The zero-order valence-electron chi connectivity index (χ0n) is 31.4. The van der Waals surface area contributed by atoms with Crippen molar-refractivity contribution in [1.82, 2.24) is 14.5 Å². The molecule has 0 atom stereocenters. The standard InChI is InChI=1S/C48H43N4O.Pt/c1-47(2,3)35-30-40(48(4,5)6)45(53)43(31-35)52-42-23-14-13-22-38(42)39-24-25-41(50-46(39)52)34-18-15-21-37(28-34)51(36-19-11-8-12-20-36)44-29-33(26-27-49-44)32-16-9-7-10-17-32;/h7-27,29-31,53H,1-6H3;/q-1;. The molecule has 0 spiro atoms. The summed E-state index contributed by atoms with van der Waals surface area (Å²) in [5, 5.41) is 14.1. The number of benzene rings is 5. The minimum Gasteiger partial charge on any atom is -0.505 e. The van der Waals surface area contributed by atoms with Crippen LogP contribution < -0.4 is 4.90 Å². The van der Waals surface area contributed by atoms with Gasteiger partial charge in [0.15, 0.2) is 0 Å². The SMILES string of the molecule is CC(C)(C)c1cc(-n2c3ccccc3c3ccc(-c4[c-]c(N(c5ccccc5)c5cc(-c6ccccc6)ccn5)ccc4)nc32)c(O)c(C(C)(C)C)c1.[Pt]. The maximum absolute atomic E-state index is 12.0. The third kappa shape index (κ3) is 6.85. The Morgan fingerprint density at radius 1 is 0.648 bits per heavy atom. The van der Waals surface area contributed by atoms with Crippen LogP contribution in [0.3, 0.4) is 0 Å². The molecule has 0 saturated heterocycles. The van der Waals surface area contributed by atoms with Crippen LogP contribution in [-0.2, 0) is 31.9 Å². The summed E-state index contributed by atoms with van der Waals surface area (Å²) < 4.78 is 2.13.